The Labute approximate surface area is 135 Å². The van der Waals surface area contributed by atoms with E-state index in [0.717, 1.165) is 36.2 Å². The van der Waals surface area contributed by atoms with Gasteiger partial charge in [-0.2, -0.15) is 0 Å². The topological polar surface area (TPSA) is 76.4 Å². The van der Waals surface area contributed by atoms with Crippen LogP contribution in [0.25, 0.3) is 11.1 Å². The number of hydrogen-bond donors (Lipinski definition) is 2. The van der Waals surface area contributed by atoms with Crippen molar-refractivity contribution in [3.8, 4) is 0 Å². The molecule has 0 spiro atoms. The maximum absolute atomic E-state index is 12.1. The van der Waals surface area contributed by atoms with Crippen molar-refractivity contribution in [1.29, 1.82) is 0 Å². The second kappa shape index (κ2) is 7.58. The normalized spacial score (nSPS) is 17.4. The minimum Gasteiger partial charge on any atom is -0.441 e. The van der Waals surface area contributed by atoms with Crippen molar-refractivity contribution < 1.29 is 13.9 Å². The van der Waals surface area contributed by atoms with Gasteiger partial charge in [0.05, 0.1) is 12.6 Å². The molecule has 2 N–H and O–H groups in total. The Morgan fingerprint density at radius 2 is 2.41 bits per heavy atom. The van der Waals surface area contributed by atoms with Crippen molar-refractivity contribution in [2.45, 2.75) is 25.3 Å². The van der Waals surface area contributed by atoms with Crippen LogP contribution in [0.1, 0.15) is 18.7 Å². The summed E-state index contributed by atoms with van der Waals surface area (Å²) in [5.41, 5.74) is 2.21. The number of oxazole rings is 1. The molecular formula is C15H20ClN3O3. The third kappa shape index (κ3) is 3.76. The highest BCUT2D eigenvalue weighted by Crippen LogP contribution is 2.21. The molecule has 1 fully saturated rings. The molecule has 3 rings (SSSR count). The summed E-state index contributed by atoms with van der Waals surface area (Å²) in [6, 6.07) is 5.41. The lowest BCUT2D eigenvalue weighted by molar-refractivity contribution is -0.117. The van der Waals surface area contributed by atoms with E-state index in [4.69, 9.17) is 9.15 Å². The third-order valence-electron chi connectivity index (χ3n) is 3.60. The summed E-state index contributed by atoms with van der Waals surface area (Å²) in [5.74, 6) is 0.655. The Kier molecular flexibility index (Phi) is 5.76. The second-order valence-electron chi connectivity index (χ2n) is 5.17. The average molecular weight is 326 g/mol. The van der Waals surface area contributed by atoms with Crippen LogP contribution in [0.15, 0.2) is 22.6 Å². The summed E-state index contributed by atoms with van der Waals surface area (Å²) in [6.45, 7) is 1.48. The molecule has 22 heavy (non-hydrogen) atoms. The van der Waals surface area contributed by atoms with Gasteiger partial charge in [-0.15, -0.1) is 12.4 Å². The number of methoxy groups -OCH3 is 1. The maximum atomic E-state index is 12.1. The van der Waals surface area contributed by atoms with E-state index in [1.807, 2.05) is 18.2 Å². The van der Waals surface area contributed by atoms with Crippen LogP contribution in [0, 0.1) is 0 Å². The number of ether oxygens (including phenoxy) is 1. The molecule has 1 saturated heterocycles. The first-order valence-corrected chi connectivity index (χ1v) is 7.19. The molecule has 1 unspecified atom stereocenters. The maximum Gasteiger partial charge on any atom is 0.241 e. The van der Waals surface area contributed by atoms with Crippen molar-refractivity contribution in [2.75, 3.05) is 25.6 Å². The molecule has 0 radical (unpaired) electrons. The second-order valence-corrected chi connectivity index (χ2v) is 5.17. The smallest absolute Gasteiger partial charge is 0.241 e. The first-order chi connectivity index (χ1) is 10.3. The van der Waals surface area contributed by atoms with Crippen molar-refractivity contribution in [2.24, 2.45) is 0 Å². The van der Waals surface area contributed by atoms with Crippen LogP contribution in [0.3, 0.4) is 0 Å². The molecule has 1 atom stereocenters. The van der Waals surface area contributed by atoms with E-state index in [-0.39, 0.29) is 24.4 Å². The molecule has 6 nitrogen and oxygen atoms in total. The summed E-state index contributed by atoms with van der Waals surface area (Å²) in [5, 5.41) is 6.10. The van der Waals surface area contributed by atoms with E-state index in [0.29, 0.717) is 18.9 Å². The Balaban J connectivity index is 0.00000176. The Bertz CT molecular complexity index is 638. The number of fused-ring (bicyclic) bond motifs is 1. The van der Waals surface area contributed by atoms with Crippen LogP contribution in [0.5, 0.6) is 0 Å². The number of amides is 1. The van der Waals surface area contributed by atoms with Gasteiger partial charge in [-0.25, -0.2) is 4.98 Å². The minimum atomic E-state index is -0.0877. The highest BCUT2D eigenvalue weighted by atomic mass is 35.5. The number of aromatic nitrogens is 1. The van der Waals surface area contributed by atoms with Gasteiger partial charge >= 0.3 is 0 Å². The number of carbonyl (C=O) groups is 1. The van der Waals surface area contributed by atoms with Crippen LogP contribution in [0.4, 0.5) is 5.69 Å². The summed E-state index contributed by atoms with van der Waals surface area (Å²) < 4.78 is 10.6. The Morgan fingerprint density at radius 3 is 3.14 bits per heavy atom. The quantitative estimate of drug-likeness (QED) is 0.880. The summed E-state index contributed by atoms with van der Waals surface area (Å²) in [7, 11) is 1.65. The van der Waals surface area contributed by atoms with Crippen LogP contribution < -0.4 is 10.6 Å². The fourth-order valence-corrected chi connectivity index (χ4v) is 2.49. The molecule has 7 heteroatoms. The number of rotatable bonds is 5. The molecule has 1 aliphatic heterocycles. The number of nitrogens with one attached hydrogen (secondary N) is 2. The molecular weight excluding hydrogens is 306 g/mol. The molecule has 1 aromatic heterocycles. The molecule has 2 heterocycles. The number of benzene rings is 1. The lowest BCUT2D eigenvalue weighted by Crippen LogP contribution is -2.35. The third-order valence-corrected chi connectivity index (χ3v) is 3.60. The van der Waals surface area contributed by atoms with E-state index >= 15 is 0 Å². The standard InChI is InChI=1S/C15H19N3O3.ClH/c1-20-8-6-14-18-12-9-10(4-5-13(12)21-14)17-15(19)11-3-2-7-16-11;/h4-5,9,11,16H,2-3,6-8H2,1H3,(H,17,19);1H. The molecule has 1 amide bonds. The van der Waals surface area contributed by atoms with Crippen LogP contribution >= 0.6 is 12.4 Å². The van der Waals surface area contributed by atoms with Gasteiger partial charge in [0.15, 0.2) is 11.5 Å². The number of anilines is 1. The molecule has 2 aromatic rings. The van der Waals surface area contributed by atoms with Gasteiger partial charge in [-0.1, -0.05) is 0 Å². The van der Waals surface area contributed by atoms with Crippen LogP contribution in [0.2, 0.25) is 0 Å². The highest BCUT2D eigenvalue weighted by molar-refractivity contribution is 5.96. The fourth-order valence-electron chi connectivity index (χ4n) is 2.49. The zero-order valence-corrected chi connectivity index (χ0v) is 13.2. The molecule has 1 aliphatic rings. The molecule has 0 saturated carbocycles. The van der Waals surface area contributed by atoms with Crippen molar-refractivity contribution >= 4 is 35.1 Å². The number of hydrogen-bond acceptors (Lipinski definition) is 5. The lowest BCUT2D eigenvalue weighted by Gasteiger charge is -2.10. The Hall–Kier alpha value is -1.63. The van der Waals surface area contributed by atoms with Crippen molar-refractivity contribution in [3.63, 3.8) is 0 Å². The van der Waals surface area contributed by atoms with E-state index in [1.165, 1.54) is 0 Å². The van der Waals surface area contributed by atoms with Crippen molar-refractivity contribution in [1.82, 2.24) is 10.3 Å². The molecule has 0 bridgehead atoms. The predicted octanol–water partition coefficient (Wildman–Crippen LogP) is 2.13. The average Bonchev–Trinajstić information content (AvgIpc) is 3.13. The van der Waals surface area contributed by atoms with Crippen LogP contribution in [-0.4, -0.2) is 37.2 Å². The van der Waals surface area contributed by atoms with Gasteiger partial charge in [0.25, 0.3) is 0 Å². The van der Waals surface area contributed by atoms with Gasteiger partial charge in [0.1, 0.15) is 5.52 Å². The number of halogens is 1. The molecule has 120 valence electrons. The minimum absolute atomic E-state index is 0. The first kappa shape index (κ1) is 16.7. The summed E-state index contributed by atoms with van der Waals surface area (Å²) in [6.07, 6.45) is 2.57. The number of carbonyl (C=O) groups excluding carboxylic acids is 1. The SMILES string of the molecule is COCCc1nc2cc(NC(=O)C3CCCN3)ccc2o1.Cl. The van der Waals surface area contributed by atoms with Crippen LogP contribution in [-0.2, 0) is 16.0 Å². The van der Waals surface area contributed by atoms with E-state index in [9.17, 15) is 4.79 Å². The molecule has 1 aromatic carbocycles. The molecule has 0 aliphatic carbocycles. The predicted molar refractivity (Wildman–Crippen MR) is 86.5 cm³/mol. The largest absolute Gasteiger partial charge is 0.441 e. The van der Waals surface area contributed by atoms with E-state index in [1.54, 1.807) is 7.11 Å². The van der Waals surface area contributed by atoms with Crippen molar-refractivity contribution in [3.05, 3.63) is 24.1 Å². The fraction of sp³-hybridized carbons (Fsp3) is 0.467. The van der Waals surface area contributed by atoms with Gasteiger partial charge in [-0.05, 0) is 37.6 Å². The van der Waals surface area contributed by atoms with Gasteiger partial charge in [-0.3, -0.25) is 4.79 Å². The Morgan fingerprint density at radius 1 is 1.55 bits per heavy atom. The zero-order chi connectivity index (χ0) is 14.7. The highest BCUT2D eigenvalue weighted by Gasteiger charge is 2.22. The van der Waals surface area contributed by atoms with Gasteiger partial charge < -0.3 is 19.8 Å². The summed E-state index contributed by atoms with van der Waals surface area (Å²) >= 11 is 0. The first-order valence-electron chi connectivity index (χ1n) is 7.19. The van der Waals surface area contributed by atoms with Gasteiger partial charge in [0, 0.05) is 19.2 Å². The zero-order valence-electron chi connectivity index (χ0n) is 12.4. The number of nitrogens with zero attached hydrogens (tertiary/aromatic N) is 1. The summed E-state index contributed by atoms with van der Waals surface area (Å²) in [4.78, 5) is 16.5. The lowest BCUT2D eigenvalue weighted by atomic mass is 10.2. The van der Waals surface area contributed by atoms with E-state index in [2.05, 4.69) is 15.6 Å². The monoisotopic (exact) mass is 325 g/mol. The van der Waals surface area contributed by atoms with Gasteiger partial charge in [0.2, 0.25) is 5.91 Å². The van der Waals surface area contributed by atoms with E-state index < -0.39 is 0 Å².